The number of unbranched alkanes of at least 4 members (excludes halogenated alkanes) is 6. The van der Waals surface area contributed by atoms with Crippen molar-refractivity contribution >= 4 is 43.9 Å². The van der Waals surface area contributed by atoms with Crippen LogP contribution in [0.25, 0.3) is 0 Å². The fourth-order valence-electron chi connectivity index (χ4n) is 10.4. The molecule has 3 saturated carbocycles. The summed E-state index contributed by atoms with van der Waals surface area (Å²) in [5.41, 5.74) is 3.29. The van der Waals surface area contributed by atoms with Crippen LogP contribution in [-0.2, 0) is 94.9 Å². The molecule has 2 aromatic carbocycles. The number of rotatable bonds is 24. The Hall–Kier alpha value is -1.92. The Morgan fingerprint density at radius 1 is 0.686 bits per heavy atom. The lowest BCUT2D eigenvalue weighted by Gasteiger charge is -2.43. The molecule has 70 heavy (non-hydrogen) atoms. The zero-order valence-electron chi connectivity index (χ0n) is 40.8. The third kappa shape index (κ3) is 14.1. The Morgan fingerprint density at radius 3 is 1.74 bits per heavy atom. The maximum atomic E-state index is 15.7. The van der Waals surface area contributed by atoms with Gasteiger partial charge in [0.2, 0.25) is 0 Å². The number of esters is 2. The van der Waals surface area contributed by atoms with Gasteiger partial charge in [-0.15, -0.1) is 0 Å². The van der Waals surface area contributed by atoms with Gasteiger partial charge in [0.15, 0.2) is 23.8 Å². The summed E-state index contributed by atoms with van der Waals surface area (Å²) in [6.07, 6.45) is 7.51. The summed E-state index contributed by atoms with van der Waals surface area (Å²) < 4.78 is 93.2. The van der Waals surface area contributed by atoms with Gasteiger partial charge in [0.05, 0.1) is 13.2 Å². The average molecular weight is 1080 g/mol. The second-order valence-corrected chi connectivity index (χ2v) is 23.3. The molecule has 5 fully saturated rings. The molecule has 0 amide bonds. The van der Waals surface area contributed by atoms with Crippen LogP contribution in [0.4, 0.5) is 0 Å². The van der Waals surface area contributed by atoms with Crippen molar-refractivity contribution in [2.24, 2.45) is 0 Å². The molecule has 3 aliphatic carbocycles. The Kier molecular flexibility index (Phi) is 19.8. The monoisotopic (exact) mass is 1080 g/mol. The Morgan fingerprint density at radius 2 is 1.20 bits per heavy atom. The van der Waals surface area contributed by atoms with Gasteiger partial charge in [-0.25, -0.2) is 4.57 Å². The van der Waals surface area contributed by atoms with E-state index >= 15 is 4.57 Å². The molecule has 0 aromatic heterocycles. The zero-order chi connectivity index (χ0) is 49.0. The molecule has 6 aliphatic rings. The smallest absolute Gasteiger partial charge is 0.475 e. The number of hydrogen-bond acceptors (Lipinski definition) is 16. The molecule has 0 N–H and O–H groups in total. The molecule has 3 aliphatic heterocycles. The predicted molar refractivity (Wildman–Crippen MR) is 260 cm³/mol. The SMILES string of the molecule is CCCCCCC(=O)OC[C@@H](COP(=O)(OCc1ccccc1CBr)OC1[C@@H]2OC3(CCCCC3)O[C@@H]2C(O[P+]2([O-])OCc3ccccc3CO2)[C@@H]2OC3(CCCCC3)O[C@@H]12)OC(=O)CCCCCC. The summed E-state index contributed by atoms with van der Waals surface area (Å²) in [5.74, 6) is -3.06. The second kappa shape index (κ2) is 25.5. The first kappa shape index (κ1) is 54.3. The van der Waals surface area contributed by atoms with E-state index in [4.69, 9.17) is 55.6 Å². The summed E-state index contributed by atoms with van der Waals surface area (Å²) in [6, 6.07) is 15.1. The van der Waals surface area contributed by atoms with Gasteiger partial charge >= 0.3 is 27.9 Å². The van der Waals surface area contributed by atoms with Crippen LogP contribution in [0.5, 0.6) is 0 Å². The topological polar surface area (TPSA) is 185 Å². The van der Waals surface area contributed by atoms with Gasteiger partial charge in [0.1, 0.15) is 50.3 Å². The molecule has 390 valence electrons. The number of carbonyl (C=O) groups excluding carboxylic acids is 2. The predicted octanol–water partition coefficient (Wildman–Crippen LogP) is 11.1. The van der Waals surface area contributed by atoms with E-state index in [0.717, 1.165) is 99.3 Å². The van der Waals surface area contributed by atoms with Gasteiger partial charge in [-0.3, -0.25) is 23.2 Å². The molecule has 16 nitrogen and oxygen atoms in total. The minimum Gasteiger partial charge on any atom is -0.606 e. The van der Waals surface area contributed by atoms with Crippen molar-refractivity contribution in [2.75, 3.05) is 13.2 Å². The molecule has 19 heteroatoms. The molecule has 0 bridgehead atoms. The Labute approximate surface area is 422 Å². The van der Waals surface area contributed by atoms with Crippen molar-refractivity contribution in [3.8, 4) is 0 Å². The average Bonchev–Trinajstić information content (AvgIpc) is 3.87. The van der Waals surface area contributed by atoms with Crippen LogP contribution >= 0.6 is 31.9 Å². The number of benzene rings is 2. The van der Waals surface area contributed by atoms with E-state index in [1.807, 2.05) is 48.5 Å². The minimum absolute atomic E-state index is 0.0000742. The van der Waals surface area contributed by atoms with E-state index in [2.05, 4.69) is 29.8 Å². The largest absolute Gasteiger partial charge is 0.606 e. The van der Waals surface area contributed by atoms with Crippen LogP contribution in [0.15, 0.2) is 48.5 Å². The highest BCUT2D eigenvalue weighted by Crippen LogP contribution is 2.63. The van der Waals surface area contributed by atoms with Crippen molar-refractivity contribution in [1.29, 1.82) is 0 Å². The van der Waals surface area contributed by atoms with Gasteiger partial charge in [-0.05, 0) is 60.8 Å². The number of ether oxygens (including phenoxy) is 6. The first-order valence-electron chi connectivity index (χ1n) is 25.9. The quantitative estimate of drug-likeness (QED) is 0.0418. The van der Waals surface area contributed by atoms with Gasteiger partial charge in [-0.1, -0.05) is 130 Å². The molecular weight excluding hydrogens is 1010 g/mol. The number of phosphoric ester groups is 2. The maximum Gasteiger partial charge on any atom is 0.475 e. The standard InChI is InChI=1S/C51H73BrO16P2/c1-3-5-7-11-25-42(53)57-35-41(62-43(54)26-12-8-6-4-2)36-61-70(56,58-32-38-22-14-13-21-37(38)31-52)68-49-46-44(63-50(65-46)27-17-9-18-28-50)48(45-47(49)66-51(64-45)29-19-10-20-30-51)67-69(55)59-33-39-23-15-16-24-40(39)34-60-69/h13-16,21-24,41,44-49H,3-12,17-20,25-36H2,1-2H3/t41-,44-,45+,46+,47+,48?,49?,70?/m0/s1. The zero-order valence-corrected chi connectivity index (χ0v) is 44.2. The number of fused-ring (bicyclic) bond motifs is 3. The van der Waals surface area contributed by atoms with Crippen LogP contribution in [0.1, 0.15) is 165 Å². The number of alkyl halides is 1. The van der Waals surface area contributed by atoms with Crippen LogP contribution in [0, 0.1) is 0 Å². The van der Waals surface area contributed by atoms with Crippen molar-refractivity contribution < 1.29 is 74.6 Å². The Bertz CT molecular complexity index is 1980. The van der Waals surface area contributed by atoms with Crippen LogP contribution in [-0.4, -0.2) is 79.5 Å². The molecule has 2 aromatic rings. The van der Waals surface area contributed by atoms with Gasteiger partial charge < -0.3 is 33.3 Å². The van der Waals surface area contributed by atoms with Gasteiger partial charge in [0, 0.05) is 43.9 Å². The van der Waals surface area contributed by atoms with E-state index in [0.29, 0.717) is 43.9 Å². The highest BCUT2D eigenvalue weighted by atomic mass is 79.9. The molecule has 2 saturated heterocycles. The molecule has 3 unspecified atom stereocenters. The van der Waals surface area contributed by atoms with Gasteiger partial charge in [0.25, 0.3) is 0 Å². The fourth-order valence-corrected chi connectivity index (χ4v) is 13.6. The summed E-state index contributed by atoms with van der Waals surface area (Å²) in [6.45, 7) is 3.18. The van der Waals surface area contributed by atoms with Crippen LogP contribution in [0.3, 0.4) is 0 Å². The number of phosphoric acid groups is 2. The van der Waals surface area contributed by atoms with Crippen molar-refractivity contribution in [3.05, 3.63) is 70.8 Å². The van der Waals surface area contributed by atoms with Crippen LogP contribution in [0.2, 0.25) is 0 Å². The van der Waals surface area contributed by atoms with Crippen molar-refractivity contribution in [2.45, 2.75) is 222 Å². The molecule has 3 heterocycles. The van der Waals surface area contributed by atoms with Crippen LogP contribution < -0.4 is 4.89 Å². The van der Waals surface area contributed by atoms with E-state index in [1.54, 1.807) is 0 Å². The highest BCUT2D eigenvalue weighted by molar-refractivity contribution is 9.08. The maximum absolute atomic E-state index is 15.7. The highest BCUT2D eigenvalue weighted by Gasteiger charge is 2.70. The lowest BCUT2D eigenvalue weighted by atomic mass is 9.85. The summed E-state index contributed by atoms with van der Waals surface area (Å²) in [7, 11) is -9.05. The minimum atomic E-state index is -4.76. The summed E-state index contributed by atoms with van der Waals surface area (Å²) >= 11 is 3.56. The normalized spacial score (nSPS) is 27.7. The molecule has 0 radical (unpaired) electrons. The fraction of sp³-hybridized carbons (Fsp3) is 0.725. The summed E-state index contributed by atoms with van der Waals surface area (Å²) in [4.78, 5) is 40.9. The van der Waals surface area contributed by atoms with E-state index in [1.165, 1.54) is 0 Å². The van der Waals surface area contributed by atoms with E-state index in [9.17, 15) is 14.5 Å². The van der Waals surface area contributed by atoms with Gasteiger partial charge in [-0.2, -0.15) is 13.6 Å². The van der Waals surface area contributed by atoms with Crippen molar-refractivity contribution in [1.82, 2.24) is 0 Å². The molecule has 2 spiro atoms. The molecule has 8 rings (SSSR count). The van der Waals surface area contributed by atoms with Crippen molar-refractivity contribution in [3.63, 3.8) is 0 Å². The lowest BCUT2D eigenvalue weighted by Crippen LogP contribution is -2.63. The van der Waals surface area contributed by atoms with E-state index in [-0.39, 0.29) is 39.3 Å². The second-order valence-electron chi connectivity index (χ2n) is 19.5. The first-order chi connectivity index (χ1) is 34.0. The third-order valence-corrected chi connectivity index (χ3v) is 17.6. The molecule has 8 atom stereocenters. The first-order valence-corrected chi connectivity index (χ1v) is 29.9. The summed E-state index contributed by atoms with van der Waals surface area (Å²) in [5, 5.41) is 0.500. The number of hydrogen-bond donors (Lipinski definition) is 0. The lowest BCUT2D eigenvalue weighted by molar-refractivity contribution is -0.270. The molecular formula is C51H73BrO16P2. The number of carbonyl (C=O) groups is 2. The number of halogens is 1. The third-order valence-electron chi connectivity index (χ3n) is 14.2. The Balaban J connectivity index is 1.10. The van der Waals surface area contributed by atoms with E-state index < -0.39 is 88.8 Å².